The Balaban J connectivity index is 0.00000243. The van der Waals surface area contributed by atoms with E-state index < -0.39 is 0 Å². The lowest BCUT2D eigenvalue weighted by molar-refractivity contribution is 0.209. The number of halogens is 3. The molecule has 1 aliphatic heterocycles. The first-order valence-corrected chi connectivity index (χ1v) is 9.05. The molecule has 0 bridgehead atoms. The molecule has 0 saturated carbocycles. The fraction of sp³-hybridized carbons (Fsp3) is 0.500. The van der Waals surface area contributed by atoms with Gasteiger partial charge in [-0.05, 0) is 38.5 Å². The van der Waals surface area contributed by atoms with Crippen molar-refractivity contribution in [1.82, 2.24) is 14.9 Å². The summed E-state index contributed by atoms with van der Waals surface area (Å²) in [5.74, 6) is 0.980. The summed E-state index contributed by atoms with van der Waals surface area (Å²) in [4.78, 5) is 16.3. The van der Waals surface area contributed by atoms with E-state index in [-0.39, 0.29) is 37.2 Å². The van der Waals surface area contributed by atoms with Crippen LogP contribution < -0.4 is 9.80 Å². The van der Waals surface area contributed by atoms with Crippen LogP contribution in [0.15, 0.2) is 30.6 Å². The average molecular weight is 449 g/mol. The van der Waals surface area contributed by atoms with Crippen LogP contribution in [0.5, 0.6) is 0 Å². The number of anilines is 2. The van der Waals surface area contributed by atoms with E-state index in [4.69, 9.17) is 0 Å². The van der Waals surface area contributed by atoms with Gasteiger partial charge in [0.05, 0.1) is 18.1 Å². The first-order valence-electron chi connectivity index (χ1n) is 9.05. The van der Waals surface area contributed by atoms with Crippen molar-refractivity contribution in [1.29, 1.82) is 0 Å². The predicted octanol–water partition coefficient (Wildman–Crippen LogP) is 4.31. The summed E-state index contributed by atoms with van der Waals surface area (Å²) in [5.41, 5.74) is 4.53. The van der Waals surface area contributed by atoms with Crippen molar-refractivity contribution in [3.8, 4) is 11.3 Å². The van der Waals surface area contributed by atoms with Gasteiger partial charge in [0, 0.05) is 57.6 Å². The van der Waals surface area contributed by atoms with E-state index in [0.29, 0.717) is 6.04 Å². The van der Waals surface area contributed by atoms with Crippen molar-refractivity contribution in [2.45, 2.75) is 26.8 Å². The Labute approximate surface area is 187 Å². The van der Waals surface area contributed by atoms with Gasteiger partial charge in [-0.15, -0.1) is 37.2 Å². The van der Waals surface area contributed by atoms with Crippen LogP contribution in [0.4, 0.5) is 11.5 Å². The maximum atomic E-state index is 4.67. The summed E-state index contributed by atoms with van der Waals surface area (Å²) in [6.45, 7) is 10.9. The molecule has 0 radical (unpaired) electrons. The zero-order valence-electron chi connectivity index (χ0n) is 17.3. The number of hydrogen-bond acceptors (Lipinski definition) is 5. The number of benzene rings is 1. The van der Waals surface area contributed by atoms with Crippen molar-refractivity contribution in [3.05, 3.63) is 36.2 Å². The summed E-state index contributed by atoms with van der Waals surface area (Å²) in [6, 6.07) is 7.06. The molecule has 1 aromatic heterocycles. The number of hydrogen-bond donors (Lipinski definition) is 0. The van der Waals surface area contributed by atoms with E-state index in [1.807, 2.05) is 12.4 Å². The Morgan fingerprint density at radius 3 is 2.04 bits per heavy atom. The third-order valence-corrected chi connectivity index (χ3v) is 4.98. The maximum Gasteiger partial charge on any atom is 0.147 e. The van der Waals surface area contributed by atoms with Gasteiger partial charge in [0.2, 0.25) is 0 Å². The van der Waals surface area contributed by atoms with Gasteiger partial charge in [-0.2, -0.15) is 0 Å². The third kappa shape index (κ3) is 6.11. The summed E-state index contributed by atoms with van der Waals surface area (Å²) in [5, 5.41) is 0. The average Bonchev–Trinajstić information content (AvgIpc) is 2.61. The fourth-order valence-electron chi connectivity index (χ4n) is 3.42. The highest BCUT2D eigenvalue weighted by molar-refractivity contribution is 5.86. The lowest BCUT2D eigenvalue weighted by atomic mass is 10.1. The van der Waals surface area contributed by atoms with Crippen LogP contribution in [0.2, 0.25) is 0 Å². The summed E-state index contributed by atoms with van der Waals surface area (Å²) < 4.78 is 0. The minimum atomic E-state index is 0. The molecule has 0 N–H and O–H groups in total. The van der Waals surface area contributed by atoms with Gasteiger partial charge in [0.15, 0.2) is 0 Å². The van der Waals surface area contributed by atoms with Gasteiger partial charge < -0.3 is 9.80 Å². The SMILES string of the molecule is Cc1cc(-c2cnc(N3CCN(C(C)C)CC3)cn2)ccc1N(C)C.Cl.Cl.Cl. The Morgan fingerprint density at radius 1 is 0.929 bits per heavy atom. The zero-order chi connectivity index (χ0) is 18.0. The zero-order valence-corrected chi connectivity index (χ0v) is 19.7. The van der Waals surface area contributed by atoms with E-state index in [1.165, 1.54) is 11.3 Å². The number of nitrogens with zero attached hydrogens (tertiary/aromatic N) is 5. The van der Waals surface area contributed by atoms with Crippen LogP contribution in [0.1, 0.15) is 19.4 Å². The molecular formula is C20H32Cl3N5. The second-order valence-electron chi connectivity index (χ2n) is 7.27. The molecule has 0 atom stereocenters. The second kappa shape index (κ2) is 11.7. The molecule has 0 aliphatic carbocycles. The van der Waals surface area contributed by atoms with Crippen LogP contribution in [-0.2, 0) is 0 Å². The maximum absolute atomic E-state index is 4.67. The first-order chi connectivity index (χ1) is 12.0. The van der Waals surface area contributed by atoms with E-state index in [1.54, 1.807) is 0 Å². The number of aryl methyl sites for hydroxylation is 1. The van der Waals surface area contributed by atoms with E-state index in [9.17, 15) is 0 Å². The van der Waals surface area contributed by atoms with Crippen LogP contribution >= 0.6 is 37.2 Å². The van der Waals surface area contributed by atoms with Crippen LogP contribution in [-0.4, -0.2) is 61.2 Å². The van der Waals surface area contributed by atoms with Gasteiger partial charge in [-0.25, -0.2) is 4.98 Å². The monoisotopic (exact) mass is 447 g/mol. The van der Waals surface area contributed by atoms with Gasteiger partial charge in [-0.1, -0.05) is 6.07 Å². The summed E-state index contributed by atoms with van der Waals surface area (Å²) in [7, 11) is 4.13. The molecule has 0 spiro atoms. The molecule has 2 aromatic rings. The highest BCUT2D eigenvalue weighted by Crippen LogP contribution is 2.25. The van der Waals surface area contributed by atoms with E-state index in [2.05, 4.69) is 77.7 Å². The van der Waals surface area contributed by atoms with E-state index in [0.717, 1.165) is 43.3 Å². The molecule has 0 amide bonds. The molecule has 2 heterocycles. The molecular weight excluding hydrogens is 417 g/mol. The summed E-state index contributed by atoms with van der Waals surface area (Å²) >= 11 is 0. The Morgan fingerprint density at radius 2 is 1.57 bits per heavy atom. The van der Waals surface area contributed by atoms with E-state index >= 15 is 0 Å². The number of aromatic nitrogens is 2. The quantitative estimate of drug-likeness (QED) is 0.696. The highest BCUT2D eigenvalue weighted by atomic mass is 35.5. The molecule has 8 heteroatoms. The van der Waals surface area contributed by atoms with Crippen molar-refractivity contribution in [2.75, 3.05) is 50.1 Å². The third-order valence-electron chi connectivity index (χ3n) is 4.98. The first kappa shape index (κ1) is 26.7. The molecule has 1 aliphatic rings. The van der Waals surface area contributed by atoms with Crippen molar-refractivity contribution in [2.24, 2.45) is 0 Å². The van der Waals surface area contributed by atoms with Gasteiger partial charge >= 0.3 is 0 Å². The van der Waals surface area contributed by atoms with Crippen molar-refractivity contribution in [3.63, 3.8) is 0 Å². The minimum Gasteiger partial charge on any atom is -0.377 e. The van der Waals surface area contributed by atoms with Crippen LogP contribution in [0, 0.1) is 6.92 Å². The van der Waals surface area contributed by atoms with Crippen LogP contribution in [0.25, 0.3) is 11.3 Å². The molecule has 1 aromatic carbocycles. The molecule has 3 rings (SSSR count). The predicted molar refractivity (Wildman–Crippen MR) is 127 cm³/mol. The molecule has 5 nitrogen and oxygen atoms in total. The fourth-order valence-corrected chi connectivity index (χ4v) is 3.42. The van der Waals surface area contributed by atoms with Crippen LogP contribution in [0.3, 0.4) is 0 Å². The van der Waals surface area contributed by atoms with Gasteiger partial charge in [-0.3, -0.25) is 9.88 Å². The molecule has 28 heavy (non-hydrogen) atoms. The van der Waals surface area contributed by atoms with Crippen molar-refractivity contribution < 1.29 is 0 Å². The van der Waals surface area contributed by atoms with Crippen molar-refractivity contribution >= 4 is 48.7 Å². The standard InChI is InChI=1S/C20H29N5.3ClH/c1-15(2)24-8-10-25(11-9-24)20-14-21-18(13-22-20)17-6-7-19(23(4)5)16(3)12-17;;;/h6-7,12-15H,8-11H2,1-5H3;3*1H. The minimum absolute atomic E-state index is 0. The molecule has 158 valence electrons. The normalized spacial score (nSPS) is 14.0. The Hall–Kier alpha value is -1.27. The largest absolute Gasteiger partial charge is 0.377 e. The molecule has 1 fully saturated rings. The molecule has 1 saturated heterocycles. The summed E-state index contributed by atoms with van der Waals surface area (Å²) in [6.07, 6.45) is 3.81. The molecule has 0 unspecified atom stereocenters. The lowest BCUT2D eigenvalue weighted by Gasteiger charge is -2.37. The smallest absolute Gasteiger partial charge is 0.147 e. The lowest BCUT2D eigenvalue weighted by Crippen LogP contribution is -2.49. The Kier molecular flexibility index (Phi) is 11.1. The second-order valence-corrected chi connectivity index (χ2v) is 7.27. The number of piperazine rings is 1. The van der Waals surface area contributed by atoms with Gasteiger partial charge in [0.25, 0.3) is 0 Å². The van der Waals surface area contributed by atoms with Gasteiger partial charge in [0.1, 0.15) is 5.82 Å². The Bertz CT molecular complexity index is 714. The number of rotatable bonds is 4. The highest BCUT2D eigenvalue weighted by Gasteiger charge is 2.20. The topological polar surface area (TPSA) is 35.5 Å².